The Morgan fingerprint density at radius 2 is 1.12 bits per heavy atom. The summed E-state index contributed by atoms with van der Waals surface area (Å²) in [7, 11) is 0. The van der Waals surface area contributed by atoms with E-state index in [0.29, 0.717) is 5.92 Å². The summed E-state index contributed by atoms with van der Waals surface area (Å²) in [6.45, 7) is 0. The molecule has 3 rings (SSSR count). The lowest BCUT2D eigenvalue weighted by atomic mass is 9.57. The van der Waals surface area contributed by atoms with E-state index < -0.39 is 5.92 Å². The van der Waals surface area contributed by atoms with Gasteiger partial charge in [-0.15, -0.1) is 0 Å². The summed E-state index contributed by atoms with van der Waals surface area (Å²) >= 11 is 0. The maximum Gasteiger partial charge on any atom is 0.248 e. The molecule has 0 aliphatic heterocycles. The van der Waals surface area contributed by atoms with Crippen LogP contribution < -0.4 is 0 Å². The van der Waals surface area contributed by atoms with Gasteiger partial charge < -0.3 is 0 Å². The average Bonchev–Trinajstić information content (AvgIpc) is 2.27. The third-order valence-corrected chi connectivity index (χ3v) is 5.93. The summed E-state index contributed by atoms with van der Waals surface area (Å²) in [6, 6.07) is 0. The van der Waals surface area contributed by atoms with E-state index in [9.17, 15) is 8.78 Å². The Morgan fingerprint density at radius 1 is 0.647 bits per heavy atom. The smallest absolute Gasteiger partial charge is 0.207 e. The van der Waals surface area contributed by atoms with Gasteiger partial charge in [0.05, 0.1) is 0 Å². The Bertz CT molecular complexity index is 261. The highest BCUT2D eigenvalue weighted by atomic mass is 19.3. The minimum Gasteiger partial charge on any atom is -0.207 e. The number of hydrogen-bond donors (Lipinski definition) is 0. The maximum atomic E-state index is 13.1. The van der Waals surface area contributed by atoms with Gasteiger partial charge in [0.15, 0.2) is 0 Å². The summed E-state index contributed by atoms with van der Waals surface area (Å²) in [4.78, 5) is 0. The van der Waals surface area contributed by atoms with Gasteiger partial charge in [0.25, 0.3) is 0 Å². The van der Waals surface area contributed by atoms with Crippen LogP contribution in [0.15, 0.2) is 0 Å². The molecule has 3 saturated carbocycles. The third-order valence-electron chi connectivity index (χ3n) is 5.93. The molecule has 0 nitrogen and oxygen atoms in total. The van der Waals surface area contributed by atoms with Crippen molar-refractivity contribution in [2.45, 2.75) is 76.6 Å². The second kappa shape index (κ2) is 4.20. The van der Waals surface area contributed by atoms with Gasteiger partial charge in [-0.2, -0.15) is 0 Å². The zero-order valence-corrected chi connectivity index (χ0v) is 10.7. The van der Waals surface area contributed by atoms with Gasteiger partial charge in [-0.3, -0.25) is 0 Å². The monoisotopic (exact) mass is 242 g/mol. The van der Waals surface area contributed by atoms with Gasteiger partial charge in [-0.1, -0.05) is 6.42 Å². The van der Waals surface area contributed by atoms with Crippen LogP contribution in [0.3, 0.4) is 0 Å². The van der Waals surface area contributed by atoms with Crippen LogP contribution in [0.5, 0.6) is 0 Å². The summed E-state index contributed by atoms with van der Waals surface area (Å²) in [6.07, 6.45) is 11.6. The SMILES string of the molecule is FC1(F)CCC(C2CCC3(CCC3)CC2)CC1. The molecule has 3 aliphatic rings. The van der Waals surface area contributed by atoms with Crippen LogP contribution in [0.25, 0.3) is 0 Å². The van der Waals surface area contributed by atoms with E-state index in [1.54, 1.807) is 0 Å². The minimum absolute atomic E-state index is 0.152. The molecule has 0 aromatic carbocycles. The standard InChI is InChI=1S/C15H24F2/c16-15(17)10-4-13(5-11-15)12-2-8-14(9-3-12)6-1-7-14/h12-13H,1-11H2. The third kappa shape index (κ3) is 2.37. The van der Waals surface area contributed by atoms with Gasteiger partial charge in [-0.05, 0) is 68.6 Å². The maximum absolute atomic E-state index is 13.1. The molecule has 0 saturated heterocycles. The lowest BCUT2D eigenvalue weighted by molar-refractivity contribution is -0.0595. The molecule has 0 aromatic rings. The fourth-order valence-electron chi connectivity index (χ4n) is 4.43. The molecule has 0 amide bonds. The highest BCUT2D eigenvalue weighted by Gasteiger charge is 2.43. The predicted molar refractivity (Wildman–Crippen MR) is 65.1 cm³/mol. The quantitative estimate of drug-likeness (QED) is 0.595. The van der Waals surface area contributed by atoms with Gasteiger partial charge in [-0.25, -0.2) is 8.78 Å². The first-order valence-corrected chi connectivity index (χ1v) is 7.47. The lowest BCUT2D eigenvalue weighted by Gasteiger charge is -2.49. The summed E-state index contributed by atoms with van der Waals surface area (Å²) in [5, 5.41) is 0. The first-order chi connectivity index (χ1) is 8.09. The molecule has 17 heavy (non-hydrogen) atoms. The van der Waals surface area contributed by atoms with Gasteiger partial charge >= 0.3 is 0 Å². The van der Waals surface area contributed by atoms with Crippen molar-refractivity contribution in [1.29, 1.82) is 0 Å². The molecule has 0 radical (unpaired) electrons. The molecule has 3 aliphatic carbocycles. The normalized spacial score (nSPS) is 36.7. The number of hydrogen-bond acceptors (Lipinski definition) is 0. The summed E-state index contributed by atoms with van der Waals surface area (Å²) < 4.78 is 26.3. The van der Waals surface area contributed by atoms with Crippen molar-refractivity contribution in [3.8, 4) is 0 Å². The molecule has 0 N–H and O–H groups in total. The topological polar surface area (TPSA) is 0 Å². The average molecular weight is 242 g/mol. The largest absolute Gasteiger partial charge is 0.248 e. The van der Waals surface area contributed by atoms with Gasteiger partial charge in [0.2, 0.25) is 5.92 Å². The minimum atomic E-state index is -2.35. The van der Waals surface area contributed by atoms with Crippen molar-refractivity contribution >= 4 is 0 Å². The van der Waals surface area contributed by atoms with Crippen molar-refractivity contribution in [3.63, 3.8) is 0 Å². The molecule has 0 atom stereocenters. The zero-order chi connectivity index (χ0) is 11.9. The van der Waals surface area contributed by atoms with E-state index >= 15 is 0 Å². The molecule has 0 unspecified atom stereocenters. The van der Waals surface area contributed by atoms with Crippen LogP contribution in [0.4, 0.5) is 8.78 Å². The summed E-state index contributed by atoms with van der Waals surface area (Å²) in [5.74, 6) is -0.954. The van der Waals surface area contributed by atoms with Crippen LogP contribution >= 0.6 is 0 Å². The van der Waals surface area contributed by atoms with E-state index in [1.165, 1.54) is 44.9 Å². The van der Waals surface area contributed by atoms with E-state index in [-0.39, 0.29) is 12.8 Å². The van der Waals surface area contributed by atoms with Crippen LogP contribution in [0.2, 0.25) is 0 Å². The molecule has 0 heterocycles. The van der Waals surface area contributed by atoms with E-state index in [2.05, 4.69) is 0 Å². The second-order valence-electron chi connectivity index (χ2n) is 6.88. The molecule has 0 aromatic heterocycles. The van der Waals surface area contributed by atoms with Crippen LogP contribution in [-0.4, -0.2) is 5.92 Å². The van der Waals surface area contributed by atoms with E-state index in [1.807, 2.05) is 0 Å². The Balaban J connectivity index is 1.50. The van der Waals surface area contributed by atoms with Crippen molar-refractivity contribution in [3.05, 3.63) is 0 Å². The fourth-order valence-corrected chi connectivity index (χ4v) is 4.43. The fraction of sp³-hybridized carbons (Fsp3) is 1.00. The number of halogens is 2. The molecule has 0 bridgehead atoms. The number of rotatable bonds is 1. The molecular weight excluding hydrogens is 218 g/mol. The van der Waals surface area contributed by atoms with Crippen LogP contribution in [0.1, 0.15) is 70.6 Å². The van der Waals surface area contributed by atoms with Gasteiger partial charge in [0.1, 0.15) is 0 Å². The van der Waals surface area contributed by atoms with Crippen LogP contribution in [0, 0.1) is 17.3 Å². The molecule has 1 spiro atoms. The molecule has 3 fully saturated rings. The van der Waals surface area contributed by atoms with Crippen molar-refractivity contribution in [2.75, 3.05) is 0 Å². The van der Waals surface area contributed by atoms with E-state index in [0.717, 1.165) is 24.2 Å². The first kappa shape index (κ1) is 11.9. The first-order valence-electron chi connectivity index (χ1n) is 7.47. The van der Waals surface area contributed by atoms with Crippen LogP contribution in [-0.2, 0) is 0 Å². The Kier molecular flexibility index (Phi) is 2.95. The Labute approximate surface area is 103 Å². The zero-order valence-electron chi connectivity index (χ0n) is 10.7. The molecule has 98 valence electrons. The molecular formula is C15H24F2. The van der Waals surface area contributed by atoms with Crippen molar-refractivity contribution in [2.24, 2.45) is 17.3 Å². The second-order valence-corrected chi connectivity index (χ2v) is 6.88. The highest BCUT2D eigenvalue weighted by molar-refractivity contribution is 4.94. The predicted octanol–water partition coefficient (Wildman–Crippen LogP) is 5.17. The van der Waals surface area contributed by atoms with Crippen molar-refractivity contribution < 1.29 is 8.78 Å². The van der Waals surface area contributed by atoms with E-state index in [4.69, 9.17) is 0 Å². The van der Waals surface area contributed by atoms with Gasteiger partial charge in [0, 0.05) is 12.8 Å². The molecule has 2 heteroatoms. The highest BCUT2D eigenvalue weighted by Crippen LogP contribution is 2.55. The Hall–Kier alpha value is -0.140. The number of alkyl halides is 2. The van der Waals surface area contributed by atoms with Crippen molar-refractivity contribution in [1.82, 2.24) is 0 Å². The Morgan fingerprint density at radius 3 is 1.53 bits per heavy atom. The summed E-state index contributed by atoms with van der Waals surface area (Å²) in [5.41, 5.74) is 0.717. The lowest BCUT2D eigenvalue weighted by Crippen LogP contribution is -2.37.